The summed E-state index contributed by atoms with van der Waals surface area (Å²) < 4.78 is 17.0. The van der Waals surface area contributed by atoms with Crippen LogP contribution in [-0.2, 0) is 0 Å². The minimum absolute atomic E-state index is 0.0439. The van der Waals surface area contributed by atoms with Crippen LogP contribution in [0.2, 0.25) is 0 Å². The molecule has 2 N–H and O–H groups in total. The number of aromatic nitrogens is 1. The molecule has 4 heterocycles. The molecule has 2 unspecified atom stereocenters. The van der Waals surface area contributed by atoms with Crippen LogP contribution in [0.1, 0.15) is 55.4 Å². The second-order valence-electron chi connectivity index (χ2n) is 8.75. The van der Waals surface area contributed by atoms with E-state index in [1.54, 1.807) is 6.07 Å². The highest BCUT2D eigenvalue weighted by molar-refractivity contribution is 5.93. The first kappa shape index (κ1) is 17.7. The standard InChI is InChI=1S/C21H24FN3O3/c1-21-6-2-3-13(9-23-21)25(11-21)18-8-17-14(7-16(18)22)19(26)15(20(27)28)10-24(17)12-4-5-12/h7-8,10,12-13,23H,2-6,9,11H2,1H3,(H,27,28). The summed E-state index contributed by atoms with van der Waals surface area (Å²) in [7, 11) is 0. The number of hydrogen-bond acceptors (Lipinski definition) is 4. The summed E-state index contributed by atoms with van der Waals surface area (Å²) in [5, 5.41) is 13.1. The monoisotopic (exact) mass is 385 g/mol. The molecular formula is C21H24FN3O3. The number of fused-ring (bicyclic) bond motifs is 5. The van der Waals surface area contributed by atoms with Gasteiger partial charge in [-0.25, -0.2) is 9.18 Å². The molecule has 4 aliphatic rings. The maximum Gasteiger partial charge on any atom is 0.341 e. The van der Waals surface area contributed by atoms with Crippen LogP contribution in [0.5, 0.6) is 0 Å². The van der Waals surface area contributed by atoms with Gasteiger partial charge >= 0.3 is 5.97 Å². The van der Waals surface area contributed by atoms with E-state index < -0.39 is 17.2 Å². The van der Waals surface area contributed by atoms with Crippen molar-refractivity contribution in [3.05, 3.63) is 39.9 Å². The van der Waals surface area contributed by atoms with Gasteiger partial charge in [0.25, 0.3) is 0 Å². The predicted octanol–water partition coefficient (Wildman–Crippen LogP) is 2.89. The van der Waals surface area contributed by atoms with Gasteiger partial charge in [0, 0.05) is 42.3 Å². The van der Waals surface area contributed by atoms with Crippen LogP contribution in [-0.4, -0.2) is 40.3 Å². The average molecular weight is 385 g/mol. The number of rotatable bonds is 3. The molecule has 0 radical (unpaired) electrons. The van der Waals surface area contributed by atoms with E-state index >= 15 is 4.39 Å². The van der Waals surface area contributed by atoms with Crippen LogP contribution in [0, 0.1) is 5.82 Å². The molecule has 1 saturated carbocycles. The van der Waals surface area contributed by atoms with E-state index in [4.69, 9.17) is 0 Å². The fourth-order valence-electron chi connectivity index (χ4n) is 4.86. The molecule has 1 aromatic heterocycles. The van der Waals surface area contributed by atoms with E-state index in [0.717, 1.165) is 45.2 Å². The highest BCUT2D eigenvalue weighted by atomic mass is 19.1. The van der Waals surface area contributed by atoms with Gasteiger partial charge in [0.15, 0.2) is 0 Å². The fraction of sp³-hybridized carbons (Fsp3) is 0.524. The summed E-state index contributed by atoms with van der Waals surface area (Å²) in [6, 6.07) is 3.41. The molecule has 2 bridgehead atoms. The Morgan fingerprint density at radius 2 is 2.07 bits per heavy atom. The zero-order chi connectivity index (χ0) is 19.6. The van der Waals surface area contributed by atoms with Crippen molar-refractivity contribution in [1.82, 2.24) is 9.88 Å². The zero-order valence-corrected chi connectivity index (χ0v) is 15.9. The second kappa shape index (κ2) is 6.04. The lowest BCUT2D eigenvalue weighted by Gasteiger charge is -2.44. The molecule has 0 amide bonds. The minimum Gasteiger partial charge on any atom is -0.477 e. The largest absolute Gasteiger partial charge is 0.477 e. The number of carboxylic acids is 1. The van der Waals surface area contributed by atoms with E-state index in [2.05, 4.69) is 17.1 Å². The highest BCUT2D eigenvalue weighted by Crippen LogP contribution is 2.39. The maximum atomic E-state index is 15.2. The molecule has 7 heteroatoms. The third-order valence-electron chi connectivity index (χ3n) is 6.57. The van der Waals surface area contributed by atoms with E-state index in [-0.39, 0.29) is 28.6 Å². The topological polar surface area (TPSA) is 74.6 Å². The Labute approximate surface area is 161 Å². The van der Waals surface area contributed by atoms with Crippen molar-refractivity contribution in [2.24, 2.45) is 0 Å². The lowest BCUT2D eigenvalue weighted by Crippen LogP contribution is -2.61. The molecule has 148 valence electrons. The van der Waals surface area contributed by atoms with Gasteiger partial charge in [-0.2, -0.15) is 0 Å². The number of pyridine rings is 1. The summed E-state index contributed by atoms with van der Waals surface area (Å²) >= 11 is 0. The number of benzene rings is 1. The summed E-state index contributed by atoms with van der Waals surface area (Å²) in [6.45, 7) is 3.72. The lowest BCUT2D eigenvalue weighted by molar-refractivity contribution is 0.0695. The number of halogens is 1. The van der Waals surface area contributed by atoms with Gasteiger partial charge in [-0.3, -0.25) is 4.79 Å². The number of piperazine rings is 1. The summed E-state index contributed by atoms with van der Waals surface area (Å²) in [5.74, 6) is -1.72. The Bertz CT molecular complexity index is 1040. The Morgan fingerprint density at radius 3 is 2.79 bits per heavy atom. The van der Waals surface area contributed by atoms with Crippen molar-refractivity contribution >= 4 is 22.6 Å². The molecule has 28 heavy (non-hydrogen) atoms. The fourth-order valence-corrected chi connectivity index (χ4v) is 4.86. The predicted molar refractivity (Wildman–Crippen MR) is 105 cm³/mol. The average Bonchev–Trinajstić information content (AvgIpc) is 3.49. The molecule has 3 aliphatic heterocycles. The molecule has 4 fully saturated rings. The molecule has 6 rings (SSSR count). The van der Waals surface area contributed by atoms with Gasteiger partial charge in [-0.1, -0.05) is 0 Å². The maximum absolute atomic E-state index is 15.2. The second-order valence-corrected chi connectivity index (χ2v) is 8.75. The Hall–Kier alpha value is -2.41. The van der Waals surface area contributed by atoms with Gasteiger partial charge in [0.05, 0.1) is 11.2 Å². The molecular weight excluding hydrogens is 361 g/mol. The number of anilines is 1. The van der Waals surface area contributed by atoms with Crippen LogP contribution >= 0.6 is 0 Å². The van der Waals surface area contributed by atoms with Crippen molar-refractivity contribution in [3.63, 3.8) is 0 Å². The number of carboxylic acid groups (broad SMARTS) is 1. The first-order valence-corrected chi connectivity index (χ1v) is 10.00. The van der Waals surface area contributed by atoms with E-state index in [0.29, 0.717) is 11.2 Å². The highest BCUT2D eigenvalue weighted by Gasteiger charge is 2.39. The lowest BCUT2D eigenvalue weighted by atomic mass is 9.95. The molecule has 3 saturated heterocycles. The molecule has 1 aromatic carbocycles. The number of nitrogens with one attached hydrogen (secondary N) is 1. The molecule has 1 aliphatic carbocycles. The Morgan fingerprint density at radius 1 is 1.29 bits per heavy atom. The molecule has 2 aromatic rings. The summed E-state index contributed by atoms with van der Waals surface area (Å²) in [5.41, 5.74) is 0.196. The van der Waals surface area contributed by atoms with E-state index in [1.807, 2.05) is 4.57 Å². The third-order valence-corrected chi connectivity index (χ3v) is 6.57. The van der Waals surface area contributed by atoms with Gasteiger partial charge in [0.2, 0.25) is 5.43 Å². The van der Waals surface area contributed by atoms with Crippen LogP contribution in [0.25, 0.3) is 10.9 Å². The third kappa shape index (κ3) is 2.71. The van der Waals surface area contributed by atoms with Crippen LogP contribution in [0.4, 0.5) is 10.1 Å². The normalized spacial score (nSPS) is 27.2. The van der Waals surface area contributed by atoms with Crippen molar-refractivity contribution in [3.8, 4) is 0 Å². The molecule has 0 spiro atoms. The van der Waals surface area contributed by atoms with Crippen molar-refractivity contribution in [1.29, 1.82) is 0 Å². The number of nitrogens with zero attached hydrogens (tertiary/aromatic N) is 2. The van der Waals surface area contributed by atoms with Crippen molar-refractivity contribution in [2.45, 2.75) is 56.7 Å². The number of carbonyl (C=O) groups is 1. The zero-order valence-electron chi connectivity index (χ0n) is 15.9. The van der Waals surface area contributed by atoms with Crippen LogP contribution in [0.15, 0.2) is 23.1 Å². The number of hydrogen-bond donors (Lipinski definition) is 2. The van der Waals surface area contributed by atoms with Crippen molar-refractivity contribution < 1.29 is 14.3 Å². The van der Waals surface area contributed by atoms with E-state index in [9.17, 15) is 14.7 Å². The van der Waals surface area contributed by atoms with Gasteiger partial charge in [-0.15, -0.1) is 0 Å². The van der Waals surface area contributed by atoms with Gasteiger partial charge in [0.1, 0.15) is 11.4 Å². The first-order valence-electron chi connectivity index (χ1n) is 10.00. The molecule has 2 atom stereocenters. The Balaban J connectivity index is 1.70. The minimum atomic E-state index is -1.27. The SMILES string of the molecule is CC12CCCC(CN1)N(c1cc3c(cc1F)c(=O)c(C(=O)O)cn3C1CC1)C2. The summed E-state index contributed by atoms with van der Waals surface area (Å²) in [4.78, 5) is 26.3. The number of aromatic carboxylic acids is 1. The Kier molecular flexibility index (Phi) is 3.81. The first-order chi connectivity index (χ1) is 13.4. The smallest absolute Gasteiger partial charge is 0.341 e. The summed E-state index contributed by atoms with van der Waals surface area (Å²) in [6.07, 6.45) is 6.49. The van der Waals surface area contributed by atoms with E-state index in [1.165, 1.54) is 12.3 Å². The van der Waals surface area contributed by atoms with Gasteiger partial charge < -0.3 is 19.9 Å². The van der Waals surface area contributed by atoms with Gasteiger partial charge in [-0.05, 0) is 51.2 Å². The quantitative estimate of drug-likeness (QED) is 0.850. The van der Waals surface area contributed by atoms with Crippen molar-refractivity contribution in [2.75, 3.05) is 18.0 Å². The van der Waals surface area contributed by atoms with Crippen LogP contribution < -0.4 is 15.6 Å². The molecule has 6 nitrogen and oxygen atoms in total. The van der Waals surface area contributed by atoms with Crippen LogP contribution in [0.3, 0.4) is 0 Å².